The number of amides is 1. The molecule has 0 spiro atoms. The van der Waals surface area contributed by atoms with Gasteiger partial charge >= 0.3 is 0 Å². The first-order valence-electron chi connectivity index (χ1n) is 7.12. The van der Waals surface area contributed by atoms with Gasteiger partial charge in [-0.2, -0.15) is 0 Å². The Kier molecular flexibility index (Phi) is 5.44. The van der Waals surface area contributed by atoms with E-state index in [1.54, 1.807) is 6.07 Å². The number of aliphatic hydroxyl groups is 1. The first kappa shape index (κ1) is 18.7. The molecule has 1 heterocycles. The van der Waals surface area contributed by atoms with Crippen LogP contribution in [0.4, 0.5) is 24.5 Å². The standard InChI is InChI=1S/C16H11F3I2N2O2/c17-9-3-2-8(16(25)23-6-12(24)15(23)21)14(13(9)19)22-11-4-1-7(20)5-10(11)18/h1-5,12,15,22,24H,6H2. The lowest BCUT2D eigenvalue weighted by Gasteiger charge is -2.42. The first-order chi connectivity index (χ1) is 11.8. The lowest BCUT2D eigenvalue weighted by molar-refractivity contribution is -0.00178. The normalized spacial score (nSPS) is 19.5. The number of halogens is 5. The van der Waals surface area contributed by atoms with E-state index in [9.17, 15) is 23.1 Å². The molecule has 132 valence electrons. The average molecular weight is 574 g/mol. The summed E-state index contributed by atoms with van der Waals surface area (Å²) in [5.74, 6) is -3.65. The van der Waals surface area contributed by atoms with Gasteiger partial charge in [-0.05, 0) is 52.9 Å². The van der Waals surface area contributed by atoms with Crippen molar-refractivity contribution in [2.24, 2.45) is 0 Å². The molecule has 2 aromatic rings. The summed E-state index contributed by atoms with van der Waals surface area (Å²) >= 11 is 3.81. The quantitative estimate of drug-likeness (QED) is 0.331. The van der Waals surface area contributed by atoms with Crippen molar-refractivity contribution in [3.05, 3.63) is 56.9 Å². The molecule has 1 saturated heterocycles. The van der Waals surface area contributed by atoms with E-state index in [-0.39, 0.29) is 17.8 Å². The maximum Gasteiger partial charge on any atom is 0.257 e. The number of carbonyl (C=O) groups excluding carboxylic acids is 1. The second-order valence-corrected chi connectivity index (χ2v) is 7.95. The minimum atomic E-state index is -1.27. The van der Waals surface area contributed by atoms with Gasteiger partial charge < -0.3 is 15.3 Å². The van der Waals surface area contributed by atoms with Crippen molar-refractivity contribution < 1.29 is 23.1 Å². The van der Waals surface area contributed by atoms with Crippen LogP contribution in [0.3, 0.4) is 0 Å². The third kappa shape index (κ3) is 3.58. The van der Waals surface area contributed by atoms with Gasteiger partial charge in [0.25, 0.3) is 5.91 Å². The Morgan fingerprint density at radius 2 is 1.92 bits per heavy atom. The van der Waals surface area contributed by atoms with Gasteiger partial charge in [0, 0.05) is 3.57 Å². The molecule has 25 heavy (non-hydrogen) atoms. The highest BCUT2D eigenvalue weighted by Gasteiger charge is 2.40. The van der Waals surface area contributed by atoms with Gasteiger partial charge in [0.1, 0.15) is 16.0 Å². The fourth-order valence-electron chi connectivity index (χ4n) is 2.39. The summed E-state index contributed by atoms with van der Waals surface area (Å²) in [6.45, 7) is 0.1000. The van der Waals surface area contributed by atoms with Crippen LogP contribution >= 0.6 is 45.2 Å². The predicted octanol–water partition coefficient (Wildman–Crippen LogP) is 4.03. The molecule has 0 radical (unpaired) electrons. The van der Waals surface area contributed by atoms with Crippen molar-refractivity contribution in [2.75, 3.05) is 11.9 Å². The largest absolute Gasteiger partial charge is 0.388 e. The first-order valence-corrected chi connectivity index (χ1v) is 9.45. The average Bonchev–Trinajstić information content (AvgIpc) is 2.58. The second kappa shape index (κ2) is 7.27. The number of likely N-dealkylation sites (tertiary alicyclic amines) is 1. The van der Waals surface area contributed by atoms with E-state index in [1.165, 1.54) is 17.0 Å². The Bertz CT molecular complexity index is 850. The summed E-state index contributed by atoms with van der Waals surface area (Å²) < 4.78 is 42.2. The molecule has 2 unspecified atom stereocenters. The smallest absolute Gasteiger partial charge is 0.257 e. The highest BCUT2D eigenvalue weighted by Crippen LogP contribution is 2.32. The molecule has 2 aromatic carbocycles. The van der Waals surface area contributed by atoms with E-state index < -0.39 is 39.2 Å². The zero-order valence-electron chi connectivity index (χ0n) is 12.4. The van der Waals surface area contributed by atoms with Gasteiger partial charge in [-0.15, -0.1) is 0 Å². The fraction of sp³-hybridized carbons (Fsp3) is 0.188. The maximum absolute atomic E-state index is 14.3. The number of carbonyl (C=O) groups is 1. The van der Waals surface area contributed by atoms with Crippen molar-refractivity contribution in [1.82, 2.24) is 4.90 Å². The topological polar surface area (TPSA) is 52.6 Å². The third-order valence-electron chi connectivity index (χ3n) is 3.78. The highest BCUT2D eigenvalue weighted by molar-refractivity contribution is 14.1. The van der Waals surface area contributed by atoms with Crippen molar-refractivity contribution in [1.29, 1.82) is 0 Å². The van der Waals surface area contributed by atoms with Crippen molar-refractivity contribution in [3.63, 3.8) is 0 Å². The summed E-state index contributed by atoms with van der Waals surface area (Å²) in [6, 6.07) is 6.19. The maximum atomic E-state index is 14.3. The van der Waals surface area contributed by atoms with Crippen LogP contribution in [0.1, 0.15) is 10.4 Å². The van der Waals surface area contributed by atoms with Crippen LogP contribution in [0, 0.1) is 21.0 Å². The number of nitrogens with one attached hydrogen (secondary N) is 1. The summed E-state index contributed by atoms with van der Waals surface area (Å²) in [7, 11) is 0. The van der Waals surface area contributed by atoms with Crippen molar-refractivity contribution >= 4 is 62.5 Å². The number of nitrogens with zero attached hydrogens (tertiary/aromatic N) is 1. The van der Waals surface area contributed by atoms with E-state index in [4.69, 9.17) is 0 Å². The minimum absolute atomic E-state index is 0.0753. The monoisotopic (exact) mass is 574 g/mol. The van der Waals surface area contributed by atoms with Crippen LogP contribution in [0.25, 0.3) is 0 Å². The number of aliphatic hydroxyl groups excluding tert-OH is 1. The van der Waals surface area contributed by atoms with Crippen molar-refractivity contribution in [3.8, 4) is 0 Å². The number of hydrogen-bond donors (Lipinski definition) is 2. The van der Waals surface area contributed by atoms with Crippen LogP contribution in [-0.2, 0) is 0 Å². The van der Waals surface area contributed by atoms with Gasteiger partial charge in [0.15, 0.2) is 11.6 Å². The molecule has 9 heteroatoms. The summed E-state index contributed by atoms with van der Waals surface area (Å²) in [6.07, 6.45) is -0.667. The Labute approximate surface area is 168 Å². The minimum Gasteiger partial charge on any atom is -0.388 e. The molecule has 1 aliphatic rings. The van der Waals surface area contributed by atoms with Crippen LogP contribution in [0.2, 0.25) is 0 Å². The Morgan fingerprint density at radius 1 is 1.20 bits per heavy atom. The lowest BCUT2D eigenvalue weighted by atomic mass is 10.1. The number of rotatable bonds is 3. The molecule has 1 amide bonds. The number of anilines is 2. The Hall–Kier alpha value is -1.08. The number of hydrogen-bond acceptors (Lipinski definition) is 3. The second-order valence-electron chi connectivity index (χ2n) is 5.43. The molecule has 0 aliphatic carbocycles. The molecular weight excluding hydrogens is 563 g/mol. The summed E-state index contributed by atoms with van der Waals surface area (Å²) in [4.78, 5) is 13.9. The van der Waals surface area contributed by atoms with Crippen LogP contribution < -0.4 is 5.32 Å². The lowest BCUT2D eigenvalue weighted by Crippen LogP contribution is -2.59. The third-order valence-corrected chi connectivity index (χ3v) is 5.95. The fourth-order valence-corrected chi connectivity index (χ4v) is 3.55. The van der Waals surface area contributed by atoms with Crippen molar-refractivity contribution in [2.45, 2.75) is 10.2 Å². The Morgan fingerprint density at radius 3 is 2.52 bits per heavy atom. The molecule has 0 aromatic heterocycles. The van der Waals surface area contributed by atoms with Gasteiger partial charge in [-0.25, -0.2) is 13.2 Å². The number of β-amino-alcohol motifs (C(OH)–C–C–N with tert-alkyl or cyclic N) is 1. The molecule has 2 N–H and O–H groups in total. The molecular formula is C16H11F3I2N2O2. The van der Waals surface area contributed by atoms with Gasteiger partial charge in [-0.1, -0.05) is 22.6 Å². The van der Waals surface area contributed by atoms with Gasteiger partial charge in [0.2, 0.25) is 0 Å². The molecule has 2 atom stereocenters. The SMILES string of the molecule is O=C(c1ccc(F)c(F)c1Nc1ccc(I)cc1F)N1CC(O)C1I. The van der Waals surface area contributed by atoms with E-state index >= 15 is 0 Å². The van der Waals surface area contributed by atoms with Gasteiger partial charge in [-0.3, -0.25) is 4.79 Å². The van der Waals surface area contributed by atoms with Gasteiger partial charge in [0.05, 0.1) is 23.5 Å². The van der Waals surface area contributed by atoms with E-state index in [1.807, 2.05) is 45.2 Å². The summed E-state index contributed by atoms with van der Waals surface area (Å²) in [5.41, 5.74) is -0.644. The van der Waals surface area contributed by atoms with E-state index in [0.717, 1.165) is 12.1 Å². The molecule has 1 aliphatic heterocycles. The zero-order valence-corrected chi connectivity index (χ0v) is 16.8. The molecule has 4 nitrogen and oxygen atoms in total. The predicted molar refractivity (Wildman–Crippen MR) is 104 cm³/mol. The number of alkyl halides is 1. The van der Waals surface area contributed by atoms with E-state index in [2.05, 4.69) is 5.32 Å². The van der Waals surface area contributed by atoms with Crippen LogP contribution in [-0.4, -0.2) is 32.6 Å². The highest BCUT2D eigenvalue weighted by atomic mass is 127. The summed E-state index contributed by atoms with van der Waals surface area (Å²) in [5, 5.41) is 12.0. The van der Waals surface area contributed by atoms with Crippen LogP contribution in [0.15, 0.2) is 30.3 Å². The molecule has 0 bridgehead atoms. The molecule has 3 rings (SSSR count). The van der Waals surface area contributed by atoms with Crippen LogP contribution in [0.5, 0.6) is 0 Å². The van der Waals surface area contributed by atoms with E-state index in [0.29, 0.717) is 3.57 Å². The zero-order chi connectivity index (χ0) is 18.3. The molecule has 0 saturated carbocycles. The Balaban J connectivity index is 2.00. The number of benzene rings is 2. The molecule has 1 fully saturated rings.